The third-order valence-electron chi connectivity index (χ3n) is 4.33. The summed E-state index contributed by atoms with van der Waals surface area (Å²) in [5.74, 6) is 1.09. The summed E-state index contributed by atoms with van der Waals surface area (Å²) in [5, 5.41) is 3.58. The van der Waals surface area contributed by atoms with E-state index in [-0.39, 0.29) is 0 Å². The normalized spacial score (nSPS) is 28.9. The van der Waals surface area contributed by atoms with E-state index >= 15 is 0 Å². The van der Waals surface area contributed by atoms with Crippen LogP contribution in [0.2, 0.25) is 0 Å². The SMILES string of the molecule is CC1CCN(C2CCOc3ccccc32)CCCN1. The van der Waals surface area contributed by atoms with E-state index in [1.54, 1.807) is 0 Å². The van der Waals surface area contributed by atoms with Gasteiger partial charge in [-0.25, -0.2) is 0 Å². The van der Waals surface area contributed by atoms with Crippen molar-refractivity contribution < 1.29 is 4.74 Å². The maximum Gasteiger partial charge on any atom is 0.124 e. The molecule has 104 valence electrons. The molecule has 2 unspecified atom stereocenters. The summed E-state index contributed by atoms with van der Waals surface area (Å²) in [6.07, 6.45) is 3.60. The molecule has 3 rings (SSSR count). The highest BCUT2D eigenvalue weighted by molar-refractivity contribution is 5.37. The number of nitrogens with zero attached hydrogens (tertiary/aromatic N) is 1. The lowest BCUT2D eigenvalue weighted by Gasteiger charge is -2.37. The molecule has 1 aromatic carbocycles. The van der Waals surface area contributed by atoms with Crippen LogP contribution >= 0.6 is 0 Å². The molecule has 0 aromatic heterocycles. The van der Waals surface area contributed by atoms with Crippen LogP contribution in [0.4, 0.5) is 0 Å². The quantitative estimate of drug-likeness (QED) is 0.840. The second-order valence-electron chi connectivity index (χ2n) is 5.72. The maximum absolute atomic E-state index is 5.78. The Morgan fingerprint density at radius 1 is 1.21 bits per heavy atom. The molecule has 2 atom stereocenters. The van der Waals surface area contributed by atoms with Crippen LogP contribution in [0.25, 0.3) is 0 Å². The molecular formula is C16H24N2O. The predicted molar refractivity (Wildman–Crippen MR) is 77.6 cm³/mol. The molecule has 0 saturated carbocycles. The molecular weight excluding hydrogens is 236 g/mol. The molecule has 0 radical (unpaired) electrons. The summed E-state index contributed by atoms with van der Waals surface area (Å²) < 4.78 is 5.78. The Kier molecular flexibility index (Phi) is 4.04. The van der Waals surface area contributed by atoms with Crippen molar-refractivity contribution in [3.8, 4) is 5.75 Å². The van der Waals surface area contributed by atoms with Crippen molar-refractivity contribution in [1.82, 2.24) is 10.2 Å². The van der Waals surface area contributed by atoms with E-state index in [2.05, 4.69) is 41.4 Å². The van der Waals surface area contributed by atoms with Gasteiger partial charge in [-0.05, 0) is 38.9 Å². The van der Waals surface area contributed by atoms with Gasteiger partial charge in [0.15, 0.2) is 0 Å². The number of benzene rings is 1. The second kappa shape index (κ2) is 5.93. The summed E-state index contributed by atoms with van der Waals surface area (Å²) in [6.45, 7) is 6.67. The Morgan fingerprint density at radius 3 is 3.05 bits per heavy atom. The molecule has 1 aromatic rings. The van der Waals surface area contributed by atoms with Crippen LogP contribution in [-0.4, -0.2) is 37.2 Å². The molecule has 2 heterocycles. The largest absolute Gasteiger partial charge is 0.493 e. The fourth-order valence-electron chi connectivity index (χ4n) is 3.22. The third kappa shape index (κ3) is 2.93. The van der Waals surface area contributed by atoms with Gasteiger partial charge in [-0.1, -0.05) is 18.2 Å². The molecule has 0 amide bonds. The van der Waals surface area contributed by atoms with E-state index in [0.29, 0.717) is 12.1 Å². The first-order valence-electron chi connectivity index (χ1n) is 7.54. The van der Waals surface area contributed by atoms with Crippen molar-refractivity contribution in [2.75, 3.05) is 26.2 Å². The Balaban J connectivity index is 1.78. The number of hydrogen-bond donors (Lipinski definition) is 1. The average molecular weight is 260 g/mol. The summed E-state index contributed by atoms with van der Waals surface area (Å²) in [7, 11) is 0. The van der Waals surface area contributed by atoms with Gasteiger partial charge in [-0.15, -0.1) is 0 Å². The zero-order chi connectivity index (χ0) is 13.1. The number of ether oxygens (including phenoxy) is 1. The lowest BCUT2D eigenvalue weighted by molar-refractivity contribution is 0.127. The van der Waals surface area contributed by atoms with Crippen LogP contribution in [0.5, 0.6) is 5.75 Å². The van der Waals surface area contributed by atoms with E-state index in [1.807, 2.05) is 0 Å². The van der Waals surface area contributed by atoms with Crippen molar-refractivity contribution in [3.63, 3.8) is 0 Å². The van der Waals surface area contributed by atoms with Gasteiger partial charge in [0.25, 0.3) is 0 Å². The predicted octanol–water partition coefficient (Wildman–Crippen LogP) is 2.58. The minimum atomic E-state index is 0.551. The summed E-state index contributed by atoms with van der Waals surface area (Å²) in [5.41, 5.74) is 1.38. The third-order valence-corrected chi connectivity index (χ3v) is 4.33. The zero-order valence-electron chi connectivity index (χ0n) is 11.8. The molecule has 1 saturated heterocycles. The van der Waals surface area contributed by atoms with Crippen LogP contribution in [0.3, 0.4) is 0 Å². The van der Waals surface area contributed by atoms with Crippen LogP contribution < -0.4 is 10.1 Å². The molecule has 2 aliphatic heterocycles. The lowest BCUT2D eigenvalue weighted by atomic mass is 9.97. The number of fused-ring (bicyclic) bond motifs is 1. The van der Waals surface area contributed by atoms with Crippen LogP contribution in [0, 0.1) is 0 Å². The van der Waals surface area contributed by atoms with Gasteiger partial charge >= 0.3 is 0 Å². The highest BCUT2D eigenvalue weighted by atomic mass is 16.5. The van der Waals surface area contributed by atoms with E-state index in [4.69, 9.17) is 4.74 Å². The van der Waals surface area contributed by atoms with Crippen molar-refractivity contribution in [1.29, 1.82) is 0 Å². The fourth-order valence-corrected chi connectivity index (χ4v) is 3.22. The molecule has 19 heavy (non-hydrogen) atoms. The standard InChI is InChI=1S/C16H24N2O/c1-13-7-11-18(10-4-9-17-13)15-8-12-19-16-6-3-2-5-14(15)16/h2-3,5-6,13,15,17H,4,7-12H2,1H3. The molecule has 2 aliphatic rings. The number of rotatable bonds is 1. The van der Waals surface area contributed by atoms with Crippen LogP contribution in [0.1, 0.15) is 37.8 Å². The van der Waals surface area contributed by atoms with Crippen LogP contribution in [-0.2, 0) is 0 Å². The Morgan fingerprint density at radius 2 is 2.11 bits per heavy atom. The van der Waals surface area contributed by atoms with E-state index in [0.717, 1.165) is 25.3 Å². The van der Waals surface area contributed by atoms with Gasteiger partial charge in [-0.2, -0.15) is 0 Å². The minimum absolute atomic E-state index is 0.551. The molecule has 0 bridgehead atoms. The zero-order valence-corrected chi connectivity index (χ0v) is 11.8. The van der Waals surface area contributed by atoms with Gasteiger partial charge < -0.3 is 10.1 Å². The van der Waals surface area contributed by atoms with Gasteiger partial charge in [0.2, 0.25) is 0 Å². The molecule has 1 fully saturated rings. The van der Waals surface area contributed by atoms with E-state index in [9.17, 15) is 0 Å². The highest BCUT2D eigenvalue weighted by Crippen LogP contribution is 2.36. The first kappa shape index (κ1) is 12.9. The Labute approximate surface area is 115 Å². The number of para-hydroxylation sites is 1. The summed E-state index contributed by atoms with van der Waals surface area (Å²) in [6, 6.07) is 9.73. The molecule has 3 heteroatoms. The first-order chi connectivity index (χ1) is 9.34. The Hall–Kier alpha value is -1.06. The van der Waals surface area contributed by atoms with Gasteiger partial charge in [0, 0.05) is 30.6 Å². The van der Waals surface area contributed by atoms with E-state index < -0.39 is 0 Å². The molecule has 0 aliphatic carbocycles. The number of hydrogen-bond acceptors (Lipinski definition) is 3. The molecule has 0 spiro atoms. The van der Waals surface area contributed by atoms with Gasteiger partial charge in [-0.3, -0.25) is 4.90 Å². The summed E-state index contributed by atoms with van der Waals surface area (Å²) in [4.78, 5) is 2.67. The van der Waals surface area contributed by atoms with E-state index in [1.165, 1.54) is 31.5 Å². The van der Waals surface area contributed by atoms with Gasteiger partial charge in [0.1, 0.15) is 5.75 Å². The van der Waals surface area contributed by atoms with Gasteiger partial charge in [0.05, 0.1) is 6.61 Å². The van der Waals surface area contributed by atoms with Crippen molar-refractivity contribution in [2.24, 2.45) is 0 Å². The topological polar surface area (TPSA) is 24.5 Å². The minimum Gasteiger partial charge on any atom is -0.493 e. The smallest absolute Gasteiger partial charge is 0.124 e. The Bertz CT molecular complexity index is 421. The highest BCUT2D eigenvalue weighted by Gasteiger charge is 2.27. The summed E-state index contributed by atoms with van der Waals surface area (Å²) >= 11 is 0. The first-order valence-corrected chi connectivity index (χ1v) is 7.54. The average Bonchev–Trinajstić information content (AvgIpc) is 2.43. The lowest BCUT2D eigenvalue weighted by Crippen LogP contribution is -2.41. The molecule has 3 nitrogen and oxygen atoms in total. The number of nitrogens with one attached hydrogen (secondary N) is 1. The van der Waals surface area contributed by atoms with Crippen molar-refractivity contribution in [2.45, 2.75) is 38.3 Å². The second-order valence-corrected chi connectivity index (χ2v) is 5.72. The van der Waals surface area contributed by atoms with Crippen molar-refractivity contribution in [3.05, 3.63) is 29.8 Å². The fraction of sp³-hybridized carbons (Fsp3) is 0.625. The maximum atomic E-state index is 5.78. The molecule has 1 N–H and O–H groups in total. The monoisotopic (exact) mass is 260 g/mol. The van der Waals surface area contributed by atoms with Crippen molar-refractivity contribution >= 4 is 0 Å². The van der Waals surface area contributed by atoms with Crippen LogP contribution in [0.15, 0.2) is 24.3 Å².